The molecular formula is C16H16BrClN4O2. The minimum absolute atomic E-state index is 0.314. The largest absolute Gasteiger partial charge is 0.351 e. The van der Waals surface area contributed by atoms with E-state index >= 15 is 0 Å². The number of carbonyl (C=O) groups is 2. The smallest absolute Gasteiger partial charge is 0.323 e. The molecule has 2 aromatic rings. The summed E-state index contributed by atoms with van der Waals surface area (Å²) in [5, 5.41) is 8.50. The first-order valence-electron chi connectivity index (χ1n) is 7.11. The van der Waals surface area contributed by atoms with Crippen molar-refractivity contribution in [1.82, 2.24) is 5.32 Å². The van der Waals surface area contributed by atoms with E-state index in [1.807, 2.05) is 0 Å². The number of anilines is 2. The molecule has 0 radical (unpaired) electrons. The minimum Gasteiger partial charge on any atom is -0.351 e. The van der Waals surface area contributed by atoms with Crippen molar-refractivity contribution in [2.45, 2.75) is 0 Å². The lowest BCUT2D eigenvalue weighted by Crippen LogP contribution is -2.30. The number of halogens is 2. The fourth-order valence-corrected chi connectivity index (χ4v) is 2.50. The summed E-state index contributed by atoms with van der Waals surface area (Å²) in [6.45, 7) is 0.684. The maximum Gasteiger partial charge on any atom is 0.323 e. The van der Waals surface area contributed by atoms with Gasteiger partial charge < -0.3 is 21.7 Å². The molecule has 8 heteroatoms. The van der Waals surface area contributed by atoms with Crippen molar-refractivity contribution in [2.75, 3.05) is 23.7 Å². The quantitative estimate of drug-likeness (QED) is 0.607. The molecular weight excluding hydrogens is 396 g/mol. The average Bonchev–Trinajstić information content (AvgIpc) is 2.52. The Balaban J connectivity index is 2.14. The molecule has 5 N–H and O–H groups in total. The van der Waals surface area contributed by atoms with Crippen LogP contribution in [0.3, 0.4) is 0 Å². The van der Waals surface area contributed by atoms with Gasteiger partial charge in [-0.1, -0.05) is 33.6 Å². The number of benzene rings is 2. The monoisotopic (exact) mass is 410 g/mol. The molecule has 0 saturated carbocycles. The summed E-state index contributed by atoms with van der Waals surface area (Å²) in [5.74, 6) is -0.314. The van der Waals surface area contributed by atoms with Crippen LogP contribution >= 0.6 is 27.5 Å². The summed E-state index contributed by atoms with van der Waals surface area (Å²) in [7, 11) is 0. The van der Waals surface area contributed by atoms with Gasteiger partial charge >= 0.3 is 6.03 Å². The van der Waals surface area contributed by atoms with Crippen LogP contribution in [0.1, 0.15) is 10.4 Å². The van der Waals surface area contributed by atoms with Gasteiger partial charge in [0.25, 0.3) is 5.91 Å². The van der Waals surface area contributed by atoms with E-state index in [0.717, 1.165) is 4.47 Å². The van der Waals surface area contributed by atoms with Gasteiger partial charge in [-0.15, -0.1) is 0 Å². The van der Waals surface area contributed by atoms with Crippen molar-refractivity contribution in [1.29, 1.82) is 0 Å². The van der Waals surface area contributed by atoms with Crippen molar-refractivity contribution in [2.24, 2.45) is 5.73 Å². The van der Waals surface area contributed by atoms with Gasteiger partial charge in [0.15, 0.2) is 0 Å². The summed E-state index contributed by atoms with van der Waals surface area (Å²) >= 11 is 9.21. The van der Waals surface area contributed by atoms with Gasteiger partial charge in [-0.2, -0.15) is 0 Å². The van der Waals surface area contributed by atoms with Gasteiger partial charge in [-0.25, -0.2) is 4.79 Å². The number of carbonyl (C=O) groups excluding carboxylic acids is 2. The average molecular weight is 412 g/mol. The normalized spacial score (nSPS) is 10.1. The number of rotatable bonds is 5. The fourth-order valence-electron chi connectivity index (χ4n) is 1.95. The van der Waals surface area contributed by atoms with E-state index in [4.69, 9.17) is 17.3 Å². The molecule has 0 aliphatic rings. The molecule has 0 spiro atoms. The number of hydrogen-bond acceptors (Lipinski definition) is 3. The molecule has 126 valence electrons. The Kier molecular flexibility index (Phi) is 6.60. The summed E-state index contributed by atoms with van der Waals surface area (Å²) in [5.41, 5.74) is 6.64. The first kappa shape index (κ1) is 18.3. The third kappa shape index (κ3) is 5.23. The Morgan fingerprint density at radius 1 is 1.12 bits per heavy atom. The van der Waals surface area contributed by atoms with Crippen LogP contribution in [0.2, 0.25) is 5.02 Å². The van der Waals surface area contributed by atoms with Crippen molar-refractivity contribution < 1.29 is 9.59 Å². The zero-order valence-corrected chi connectivity index (χ0v) is 14.9. The highest BCUT2D eigenvalue weighted by Gasteiger charge is 2.14. The van der Waals surface area contributed by atoms with E-state index in [9.17, 15) is 9.59 Å². The second-order valence-electron chi connectivity index (χ2n) is 4.82. The molecule has 0 bridgehead atoms. The fraction of sp³-hybridized carbons (Fsp3) is 0.125. The zero-order chi connectivity index (χ0) is 17.5. The lowest BCUT2D eigenvalue weighted by molar-refractivity contribution is 0.0955. The highest BCUT2D eigenvalue weighted by atomic mass is 79.9. The Labute approximate surface area is 152 Å². The maximum atomic E-state index is 12.2. The third-order valence-corrected chi connectivity index (χ3v) is 3.72. The Hall–Kier alpha value is -2.09. The molecule has 0 aliphatic heterocycles. The highest BCUT2D eigenvalue weighted by molar-refractivity contribution is 9.10. The third-order valence-electron chi connectivity index (χ3n) is 2.99. The molecule has 2 aromatic carbocycles. The van der Waals surface area contributed by atoms with Crippen LogP contribution in [-0.2, 0) is 0 Å². The Morgan fingerprint density at radius 3 is 2.62 bits per heavy atom. The van der Waals surface area contributed by atoms with Gasteiger partial charge in [-0.3, -0.25) is 4.79 Å². The molecule has 0 fully saturated rings. The number of urea groups is 1. The lowest BCUT2D eigenvalue weighted by atomic mass is 10.1. The Bertz CT molecular complexity index is 755. The minimum atomic E-state index is -0.483. The number of hydrogen-bond donors (Lipinski definition) is 4. The van der Waals surface area contributed by atoms with Gasteiger partial charge in [0.1, 0.15) is 0 Å². The van der Waals surface area contributed by atoms with Gasteiger partial charge in [0, 0.05) is 28.3 Å². The molecule has 24 heavy (non-hydrogen) atoms. The predicted molar refractivity (Wildman–Crippen MR) is 99.6 cm³/mol. The van der Waals surface area contributed by atoms with Crippen molar-refractivity contribution >= 4 is 50.8 Å². The van der Waals surface area contributed by atoms with Crippen LogP contribution < -0.4 is 21.7 Å². The van der Waals surface area contributed by atoms with E-state index in [1.165, 1.54) is 0 Å². The van der Waals surface area contributed by atoms with Crippen molar-refractivity contribution in [3.8, 4) is 0 Å². The number of amides is 3. The van der Waals surface area contributed by atoms with Crippen LogP contribution in [0.15, 0.2) is 46.9 Å². The zero-order valence-electron chi connectivity index (χ0n) is 12.6. The molecule has 2 rings (SSSR count). The Morgan fingerprint density at radius 2 is 1.92 bits per heavy atom. The van der Waals surface area contributed by atoms with Crippen LogP contribution in [0.5, 0.6) is 0 Å². The first-order chi connectivity index (χ1) is 11.5. The lowest BCUT2D eigenvalue weighted by Gasteiger charge is -2.13. The van der Waals surface area contributed by atoms with Crippen LogP contribution in [0, 0.1) is 0 Å². The summed E-state index contributed by atoms with van der Waals surface area (Å²) in [4.78, 5) is 24.3. The molecule has 0 saturated heterocycles. The van der Waals surface area contributed by atoms with E-state index in [-0.39, 0.29) is 5.91 Å². The molecule has 6 nitrogen and oxygen atoms in total. The highest BCUT2D eigenvalue weighted by Crippen LogP contribution is 2.22. The predicted octanol–water partition coefficient (Wildman–Crippen LogP) is 3.44. The van der Waals surface area contributed by atoms with Gasteiger partial charge in [0.2, 0.25) is 0 Å². The summed E-state index contributed by atoms with van der Waals surface area (Å²) in [6, 6.07) is 11.3. The number of nitrogens with one attached hydrogen (secondary N) is 3. The topological polar surface area (TPSA) is 96.2 Å². The van der Waals surface area contributed by atoms with E-state index in [1.54, 1.807) is 42.5 Å². The second kappa shape index (κ2) is 8.68. The molecule has 0 atom stereocenters. The second-order valence-corrected chi connectivity index (χ2v) is 6.18. The number of nitrogens with two attached hydrogens (primary N) is 1. The van der Waals surface area contributed by atoms with E-state index in [2.05, 4.69) is 31.9 Å². The van der Waals surface area contributed by atoms with Crippen LogP contribution in [0.4, 0.5) is 16.2 Å². The first-order valence-corrected chi connectivity index (χ1v) is 8.28. The van der Waals surface area contributed by atoms with Gasteiger partial charge in [0.05, 0.1) is 11.3 Å². The van der Waals surface area contributed by atoms with E-state index in [0.29, 0.717) is 35.1 Å². The molecule has 0 heterocycles. The summed E-state index contributed by atoms with van der Waals surface area (Å²) < 4.78 is 0.732. The maximum absolute atomic E-state index is 12.2. The molecule has 3 amide bonds. The SMILES string of the molecule is NCCNC(=O)c1ccc(Br)cc1NC(=O)Nc1cccc(Cl)c1. The molecule has 0 aliphatic carbocycles. The van der Waals surface area contributed by atoms with E-state index < -0.39 is 6.03 Å². The summed E-state index contributed by atoms with van der Waals surface area (Å²) in [6.07, 6.45) is 0. The molecule has 0 aromatic heterocycles. The van der Waals surface area contributed by atoms with Crippen LogP contribution in [0.25, 0.3) is 0 Å². The van der Waals surface area contributed by atoms with Crippen molar-refractivity contribution in [3.63, 3.8) is 0 Å². The van der Waals surface area contributed by atoms with Crippen molar-refractivity contribution in [3.05, 3.63) is 57.5 Å². The standard InChI is InChI=1S/C16H16BrClN4O2/c17-10-4-5-13(15(23)20-7-6-19)14(8-10)22-16(24)21-12-3-1-2-11(18)9-12/h1-5,8-9H,6-7,19H2,(H,20,23)(H2,21,22,24). The van der Waals surface area contributed by atoms with Crippen LogP contribution in [-0.4, -0.2) is 25.0 Å². The molecule has 0 unspecified atom stereocenters. The van der Waals surface area contributed by atoms with Gasteiger partial charge in [-0.05, 0) is 36.4 Å².